The molecule has 9 rings (SSSR count). The molecule has 2 aromatic heterocycles. The smallest absolute Gasteiger partial charge is 0.263 e. The number of ketones is 1. The van der Waals surface area contributed by atoms with Crippen LogP contribution < -0.4 is 40.7 Å². The van der Waals surface area contributed by atoms with Crippen molar-refractivity contribution in [3.8, 4) is 29.6 Å². The third kappa shape index (κ3) is 7.74. The Morgan fingerprint density at radius 3 is 2.51 bits per heavy atom. The SMILES string of the molecule is C#CCSC1=C(/C=C2/Oc3cc(OCc4ccccc4)ccc3N2Cc2ccc3ccccc3c2)C(=O)/C1=C/c1sc2cc(OC)ccc2[n+]1Cc1ccoc1.[Br-]. The van der Waals surface area contributed by atoms with Crippen molar-refractivity contribution in [2.75, 3.05) is 17.8 Å². The Hall–Kier alpha value is -5.99. The molecule has 7 nitrogen and oxygen atoms in total. The molecule has 0 saturated carbocycles. The molecular weight excluding hydrogens is 817 g/mol. The largest absolute Gasteiger partial charge is 1.00 e. The maximum Gasteiger partial charge on any atom is 0.263 e. The average Bonchev–Trinajstić information content (AvgIpc) is 3.97. The number of carbonyl (C=O) groups excluding carboxylic acids is 1. The highest BCUT2D eigenvalue weighted by molar-refractivity contribution is 8.03. The van der Waals surface area contributed by atoms with Crippen molar-refractivity contribution in [1.29, 1.82) is 0 Å². The highest BCUT2D eigenvalue weighted by Crippen LogP contribution is 2.46. The molecule has 0 unspecified atom stereocenters. The van der Waals surface area contributed by atoms with Crippen LogP contribution in [0.4, 0.5) is 5.69 Å². The number of rotatable bonds is 12. The van der Waals surface area contributed by atoms with E-state index in [1.54, 1.807) is 31.0 Å². The molecule has 0 spiro atoms. The van der Waals surface area contributed by atoms with Crippen LogP contribution in [0.15, 0.2) is 160 Å². The molecule has 2 aliphatic rings. The molecule has 0 fully saturated rings. The van der Waals surface area contributed by atoms with E-state index in [2.05, 4.69) is 45.7 Å². The summed E-state index contributed by atoms with van der Waals surface area (Å²) >= 11 is 3.09. The van der Waals surface area contributed by atoms with E-state index in [1.165, 1.54) is 17.1 Å². The van der Waals surface area contributed by atoms with Crippen LogP contribution in [-0.4, -0.2) is 18.6 Å². The number of methoxy groups -OCH3 is 1. The van der Waals surface area contributed by atoms with Crippen molar-refractivity contribution >= 4 is 61.6 Å². The number of halogens is 1. The number of Topliss-reactive ketones (excluding diaryl/α,β-unsaturated/α-hetero) is 1. The number of furan rings is 1. The number of carbonyl (C=O) groups is 1. The molecule has 7 aromatic rings. The first-order chi connectivity index (χ1) is 27.5. The fourth-order valence-electron chi connectivity index (χ4n) is 6.97. The number of anilines is 1. The highest BCUT2D eigenvalue weighted by atomic mass is 79.9. The van der Waals surface area contributed by atoms with Crippen LogP contribution in [0.5, 0.6) is 17.2 Å². The van der Waals surface area contributed by atoms with Gasteiger partial charge in [0.05, 0.1) is 43.2 Å². The van der Waals surface area contributed by atoms with E-state index in [-0.39, 0.29) is 22.8 Å². The van der Waals surface area contributed by atoms with Crippen molar-refractivity contribution < 1.29 is 45.0 Å². The first-order valence-corrected chi connectivity index (χ1v) is 19.9. The number of hydrogen-bond donors (Lipinski definition) is 0. The van der Waals surface area contributed by atoms with Gasteiger partial charge in [-0.1, -0.05) is 84.0 Å². The van der Waals surface area contributed by atoms with Gasteiger partial charge in [0.25, 0.3) is 5.01 Å². The minimum absolute atomic E-state index is 0. The molecule has 0 atom stereocenters. The summed E-state index contributed by atoms with van der Waals surface area (Å²) in [5.41, 5.74) is 6.30. The Labute approximate surface area is 349 Å². The molecule has 10 heteroatoms. The van der Waals surface area contributed by atoms with Gasteiger partial charge in [0.15, 0.2) is 18.1 Å². The Bertz CT molecular complexity index is 2760. The Kier molecular flexibility index (Phi) is 11.1. The fourth-order valence-corrected chi connectivity index (χ4v) is 8.94. The maximum absolute atomic E-state index is 14.3. The van der Waals surface area contributed by atoms with Crippen molar-refractivity contribution in [2.24, 2.45) is 0 Å². The zero-order chi connectivity index (χ0) is 38.0. The zero-order valence-corrected chi connectivity index (χ0v) is 34.0. The van der Waals surface area contributed by atoms with Crippen LogP contribution in [0.1, 0.15) is 21.7 Å². The maximum atomic E-state index is 14.3. The van der Waals surface area contributed by atoms with Crippen LogP contribution in [0.25, 0.3) is 27.1 Å². The average molecular weight is 852 g/mol. The van der Waals surface area contributed by atoms with Gasteiger partial charge in [-0.05, 0) is 52.2 Å². The minimum atomic E-state index is -0.0704. The minimum Gasteiger partial charge on any atom is -1.00 e. The Morgan fingerprint density at radius 1 is 0.877 bits per heavy atom. The Balaban J connectivity index is 0.00000455. The van der Waals surface area contributed by atoms with Gasteiger partial charge in [0.1, 0.15) is 22.8 Å². The van der Waals surface area contributed by atoms with Crippen LogP contribution >= 0.6 is 23.1 Å². The van der Waals surface area contributed by atoms with Crippen molar-refractivity contribution in [2.45, 2.75) is 19.7 Å². The van der Waals surface area contributed by atoms with Gasteiger partial charge in [0, 0.05) is 46.4 Å². The number of benzene rings is 5. The van der Waals surface area contributed by atoms with Gasteiger partial charge in [-0.3, -0.25) is 4.79 Å². The van der Waals surface area contributed by atoms with Gasteiger partial charge in [-0.15, -0.1) is 18.2 Å². The van der Waals surface area contributed by atoms with E-state index in [0.29, 0.717) is 54.0 Å². The lowest BCUT2D eigenvalue weighted by Crippen LogP contribution is -3.00. The molecule has 0 saturated heterocycles. The number of thioether (sulfide) groups is 1. The summed E-state index contributed by atoms with van der Waals surface area (Å²) in [4.78, 5) is 17.2. The van der Waals surface area contributed by atoms with E-state index < -0.39 is 0 Å². The predicted octanol–water partition coefficient (Wildman–Crippen LogP) is 7.10. The summed E-state index contributed by atoms with van der Waals surface area (Å²) in [5, 5.41) is 3.26. The molecule has 0 N–H and O–H groups in total. The normalized spacial score (nSPS) is 14.7. The fraction of sp³-hybridized carbons (Fsp3) is 0.106. The standard InChI is InChI=1S/C47H35N2O5S2.BrH/c1-3-21-55-47-38(46(50)39(47)26-45-49(28-33-19-20-52-29-33)41-18-15-36(51-2)24-43(41)56-45)25-44-48(27-32-13-14-34-11-7-8-12-35(34)22-32)40-17-16-37(23-42(40)54-44)53-30-31-9-5-4-6-10-31;/h1,4-20,22-26,29H,21,27-28,30H2,2H3;1H/q+1;/p-1. The summed E-state index contributed by atoms with van der Waals surface area (Å²) in [6.45, 7) is 1.55. The van der Waals surface area contributed by atoms with Crippen LogP contribution in [0, 0.1) is 12.3 Å². The molecule has 1 aliphatic carbocycles. The monoisotopic (exact) mass is 850 g/mol. The number of allylic oxidation sites excluding steroid dienone is 3. The summed E-state index contributed by atoms with van der Waals surface area (Å²) < 4.78 is 26.9. The highest BCUT2D eigenvalue weighted by Gasteiger charge is 2.37. The van der Waals surface area contributed by atoms with E-state index in [1.807, 2.05) is 97.1 Å². The molecule has 0 amide bonds. The molecule has 57 heavy (non-hydrogen) atoms. The second-order valence-corrected chi connectivity index (χ2v) is 15.4. The van der Waals surface area contributed by atoms with E-state index in [4.69, 9.17) is 25.1 Å². The van der Waals surface area contributed by atoms with Gasteiger partial charge in [0.2, 0.25) is 11.4 Å². The van der Waals surface area contributed by atoms with Gasteiger partial charge >= 0.3 is 0 Å². The van der Waals surface area contributed by atoms with Crippen LogP contribution in [-0.2, 0) is 24.5 Å². The molecule has 1 aliphatic heterocycles. The summed E-state index contributed by atoms with van der Waals surface area (Å²) in [6.07, 6.45) is 13.0. The number of hydrogen-bond acceptors (Lipinski definition) is 8. The number of ether oxygens (including phenoxy) is 3. The van der Waals surface area contributed by atoms with Gasteiger partial charge < -0.3 is 40.5 Å². The zero-order valence-electron chi connectivity index (χ0n) is 30.8. The topological polar surface area (TPSA) is 65.0 Å². The summed E-state index contributed by atoms with van der Waals surface area (Å²) in [7, 11) is 1.66. The quantitative estimate of drug-likeness (QED) is 0.0739. The summed E-state index contributed by atoms with van der Waals surface area (Å²) in [5.74, 6) is 5.76. The number of aromatic nitrogens is 1. The van der Waals surface area contributed by atoms with Crippen LogP contribution in [0.2, 0.25) is 0 Å². The van der Waals surface area contributed by atoms with Gasteiger partial charge in [-0.25, -0.2) is 0 Å². The number of thiazole rings is 1. The first-order valence-electron chi connectivity index (χ1n) is 18.1. The van der Waals surface area contributed by atoms with E-state index >= 15 is 0 Å². The molecule has 3 heterocycles. The van der Waals surface area contributed by atoms with Gasteiger partial charge in [-0.2, -0.15) is 4.57 Å². The van der Waals surface area contributed by atoms with Crippen molar-refractivity contribution in [3.05, 3.63) is 177 Å². The second-order valence-electron chi connectivity index (χ2n) is 13.4. The third-order valence-electron chi connectivity index (χ3n) is 9.78. The lowest BCUT2D eigenvalue weighted by Gasteiger charge is -2.24. The number of fused-ring (bicyclic) bond motifs is 3. The summed E-state index contributed by atoms with van der Waals surface area (Å²) in [6, 6.07) is 38.7. The number of terminal acetylenes is 1. The molecule has 282 valence electrons. The third-order valence-corrected chi connectivity index (χ3v) is 11.9. The van der Waals surface area contributed by atoms with Crippen molar-refractivity contribution in [1.82, 2.24) is 0 Å². The van der Waals surface area contributed by atoms with Crippen molar-refractivity contribution in [3.63, 3.8) is 0 Å². The second kappa shape index (κ2) is 16.6. The predicted molar refractivity (Wildman–Crippen MR) is 224 cm³/mol. The molecular formula is C47H35BrN2O5S2. The molecule has 0 radical (unpaired) electrons. The lowest BCUT2D eigenvalue weighted by atomic mass is 9.89. The Morgan fingerprint density at radius 2 is 1.70 bits per heavy atom. The first kappa shape index (κ1) is 37.9. The number of nitrogens with zero attached hydrogens (tertiary/aromatic N) is 2. The van der Waals surface area contributed by atoms with E-state index in [9.17, 15) is 4.79 Å². The molecule has 5 aromatic carbocycles. The lowest BCUT2D eigenvalue weighted by molar-refractivity contribution is -0.659. The molecule has 0 bridgehead atoms. The van der Waals surface area contributed by atoms with Crippen LogP contribution in [0.3, 0.4) is 0 Å². The van der Waals surface area contributed by atoms with E-state index in [0.717, 1.165) is 53.6 Å².